The Kier molecular flexibility index (Phi) is 2.73. The molecule has 18 heavy (non-hydrogen) atoms. The molecule has 0 radical (unpaired) electrons. The average Bonchev–Trinajstić information content (AvgIpc) is 2.66. The van der Waals surface area contributed by atoms with Gasteiger partial charge in [0.25, 0.3) is 0 Å². The lowest BCUT2D eigenvalue weighted by molar-refractivity contribution is 0.322. The van der Waals surface area contributed by atoms with Gasteiger partial charge in [-0.1, -0.05) is 39.0 Å². The van der Waals surface area contributed by atoms with Gasteiger partial charge in [0.05, 0.1) is 0 Å². The van der Waals surface area contributed by atoms with Crippen LogP contribution < -0.4 is 0 Å². The number of hydrogen-bond acceptors (Lipinski definition) is 0. The van der Waals surface area contributed by atoms with Crippen LogP contribution in [-0.4, -0.2) is 4.98 Å². The molecule has 1 aliphatic carbocycles. The summed E-state index contributed by atoms with van der Waals surface area (Å²) < 4.78 is 0. The minimum atomic E-state index is 0.414. The molecule has 0 spiro atoms. The minimum Gasteiger partial charge on any atom is -0.358 e. The van der Waals surface area contributed by atoms with Gasteiger partial charge in [-0.3, -0.25) is 0 Å². The van der Waals surface area contributed by atoms with Gasteiger partial charge in [0.2, 0.25) is 0 Å². The topological polar surface area (TPSA) is 15.8 Å². The molecule has 0 amide bonds. The van der Waals surface area contributed by atoms with Gasteiger partial charge in [-0.25, -0.2) is 0 Å². The van der Waals surface area contributed by atoms with Gasteiger partial charge < -0.3 is 4.98 Å². The van der Waals surface area contributed by atoms with Gasteiger partial charge in [0, 0.05) is 16.6 Å². The first-order valence-corrected chi connectivity index (χ1v) is 7.14. The maximum absolute atomic E-state index is 3.63. The molecule has 1 aliphatic rings. The highest BCUT2D eigenvalue weighted by atomic mass is 14.7. The van der Waals surface area contributed by atoms with Crippen LogP contribution in [0.1, 0.15) is 57.2 Å². The van der Waals surface area contributed by atoms with Crippen molar-refractivity contribution in [2.45, 2.75) is 52.4 Å². The number of aryl methyl sites for hydroxylation is 1. The van der Waals surface area contributed by atoms with Crippen molar-refractivity contribution in [3.8, 4) is 0 Å². The van der Waals surface area contributed by atoms with E-state index in [0.717, 1.165) is 5.92 Å². The van der Waals surface area contributed by atoms with E-state index in [0.29, 0.717) is 5.41 Å². The molecule has 1 heterocycles. The number of aromatic amines is 1. The Morgan fingerprint density at radius 1 is 1.22 bits per heavy atom. The zero-order valence-corrected chi connectivity index (χ0v) is 11.7. The lowest BCUT2D eigenvalue weighted by Crippen LogP contribution is -2.16. The predicted molar refractivity (Wildman–Crippen MR) is 78.0 cm³/mol. The van der Waals surface area contributed by atoms with Crippen molar-refractivity contribution in [2.75, 3.05) is 0 Å². The summed E-state index contributed by atoms with van der Waals surface area (Å²) in [6.45, 7) is 7.07. The Balaban J connectivity index is 2.08. The van der Waals surface area contributed by atoms with E-state index in [1.165, 1.54) is 42.3 Å². The molecule has 1 N–H and O–H groups in total. The van der Waals surface area contributed by atoms with Gasteiger partial charge in [-0.2, -0.15) is 0 Å². The summed E-state index contributed by atoms with van der Waals surface area (Å²) in [5.41, 5.74) is 4.85. The molecule has 0 saturated carbocycles. The second-order valence-corrected chi connectivity index (χ2v) is 6.92. The number of hydrogen-bond donors (Lipinski definition) is 1. The summed E-state index contributed by atoms with van der Waals surface area (Å²) in [5, 5.41) is 1.46. The fraction of sp³-hybridized carbons (Fsp3) is 0.529. The molecule has 1 aromatic carbocycles. The molecular formula is C17H23N. The van der Waals surface area contributed by atoms with E-state index in [4.69, 9.17) is 0 Å². The quantitative estimate of drug-likeness (QED) is 0.721. The molecule has 0 bridgehead atoms. The van der Waals surface area contributed by atoms with Crippen LogP contribution in [0.25, 0.3) is 10.9 Å². The van der Waals surface area contributed by atoms with E-state index in [9.17, 15) is 0 Å². The van der Waals surface area contributed by atoms with Crippen LogP contribution in [0.4, 0.5) is 0 Å². The summed E-state index contributed by atoms with van der Waals surface area (Å²) in [5.74, 6) is 0.741. The van der Waals surface area contributed by atoms with Crippen molar-refractivity contribution in [2.24, 2.45) is 5.41 Å². The van der Waals surface area contributed by atoms with Crippen molar-refractivity contribution in [3.05, 3.63) is 35.5 Å². The van der Waals surface area contributed by atoms with Crippen molar-refractivity contribution in [1.82, 2.24) is 4.98 Å². The normalized spacial score (nSPS) is 20.1. The highest BCUT2D eigenvalue weighted by Gasteiger charge is 2.27. The number of aromatic nitrogens is 1. The molecule has 2 aromatic rings. The number of nitrogens with one attached hydrogen (secondary N) is 1. The van der Waals surface area contributed by atoms with Crippen LogP contribution >= 0.6 is 0 Å². The van der Waals surface area contributed by atoms with Gasteiger partial charge in [-0.15, -0.1) is 0 Å². The molecule has 1 nitrogen and oxygen atoms in total. The molecule has 96 valence electrons. The molecule has 0 unspecified atom stereocenters. The lowest BCUT2D eigenvalue weighted by Gasteiger charge is -2.29. The van der Waals surface area contributed by atoms with Crippen molar-refractivity contribution < 1.29 is 0 Å². The number of rotatable bonds is 1. The van der Waals surface area contributed by atoms with E-state index in [1.807, 2.05) is 0 Å². The fourth-order valence-electron chi connectivity index (χ4n) is 3.50. The second-order valence-electron chi connectivity index (χ2n) is 6.92. The fourth-order valence-corrected chi connectivity index (χ4v) is 3.50. The molecule has 1 atom stereocenters. The average molecular weight is 241 g/mol. The van der Waals surface area contributed by atoms with Crippen LogP contribution in [0.5, 0.6) is 0 Å². The molecule has 0 saturated heterocycles. The summed E-state index contributed by atoms with van der Waals surface area (Å²) in [6, 6.07) is 8.79. The number of fused-ring (bicyclic) bond motifs is 3. The van der Waals surface area contributed by atoms with Gasteiger partial charge in [-0.05, 0) is 48.6 Å². The molecule has 1 heteroatoms. The monoisotopic (exact) mass is 241 g/mol. The van der Waals surface area contributed by atoms with Crippen molar-refractivity contribution >= 4 is 10.9 Å². The summed E-state index contributed by atoms with van der Waals surface area (Å²) >= 11 is 0. The summed E-state index contributed by atoms with van der Waals surface area (Å²) in [6.07, 6.45) is 5.21. The smallest absolute Gasteiger partial charge is 0.0459 e. The van der Waals surface area contributed by atoms with Crippen molar-refractivity contribution in [1.29, 1.82) is 0 Å². The zero-order valence-electron chi connectivity index (χ0n) is 11.7. The number of H-pyrrole nitrogens is 1. The minimum absolute atomic E-state index is 0.414. The third kappa shape index (κ3) is 2.07. The largest absolute Gasteiger partial charge is 0.358 e. The third-order valence-corrected chi connectivity index (χ3v) is 4.07. The Hall–Kier alpha value is -1.24. The maximum Gasteiger partial charge on any atom is 0.0459 e. The Morgan fingerprint density at radius 3 is 2.78 bits per heavy atom. The van der Waals surface area contributed by atoms with Gasteiger partial charge >= 0.3 is 0 Å². The first-order chi connectivity index (χ1) is 8.54. The first-order valence-electron chi connectivity index (χ1n) is 7.14. The maximum atomic E-state index is 3.63. The molecule has 0 aliphatic heterocycles. The third-order valence-electron chi connectivity index (χ3n) is 4.07. The first kappa shape index (κ1) is 11.8. The van der Waals surface area contributed by atoms with E-state index < -0.39 is 0 Å². The van der Waals surface area contributed by atoms with E-state index in [1.54, 1.807) is 5.56 Å². The Bertz CT molecular complexity index is 556. The number of para-hydroxylation sites is 1. The molecule has 1 aromatic heterocycles. The molecule has 0 fully saturated rings. The SMILES string of the molecule is CC(C)(C)C[C@@H]1CCCc2[nH]c3ccccc3c21. The highest BCUT2D eigenvalue weighted by molar-refractivity contribution is 5.85. The van der Waals surface area contributed by atoms with Gasteiger partial charge in [0.1, 0.15) is 0 Å². The second kappa shape index (κ2) is 4.15. The summed E-state index contributed by atoms with van der Waals surface area (Å²) in [4.78, 5) is 3.63. The van der Waals surface area contributed by atoms with E-state index in [2.05, 4.69) is 50.0 Å². The molecule has 3 rings (SSSR count). The van der Waals surface area contributed by atoms with E-state index in [-0.39, 0.29) is 0 Å². The highest BCUT2D eigenvalue weighted by Crippen LogP contribution is 2.42. The summed E-state index contributed by atoms with van der Waals surface area (Å²) in [7, 11) is 0. The van der Waals surface area contributed by atoms with Crippen LogP contribution in [0.15, 0.2) is 24.3 Å². The van der Waals surface area contributed by atoms with Crippen LogP contribution in [0.2, 0.25) is 0 Å². The van der Waals surface area contributed by atoms with Crippen LogP contribution in [-0.2, 0) is 6.42 Å². The Labute approximate surface area is 110 Å². The standard InChI is InChI=1S/C17H23N/c1-17(2,3)11-12-7-6-10-15-16(12)13-8-4-5-9-14(13)18-15/h4-5,8-9,12,18H,6-7,10-11H2,1-3H3/t12-/m0/s1. The van der Waals surface area contributed by atoms with Crippen LogP contribution in [0, 0.1) is 5.41 Å². The lowest BCUT2D eigenvalue weighted by atomic mass is 9.75. The zero-order chi connectivity index (χ0) is 12.8. The van der Waals surface area contributed by atoms with Crippen molar-refractivity contribution in [3.63, 3.8) is 0 Å². The van der Waals surface area contributed by atoms with Crippen LogP contribution in [0.3, 0.4) is 0 Å². The molecular weight excluding hydrogens is 218 g/mol. The Morgan fingerprint density at radius 2 is 2.00 bits per heavy atom. The van der Waals surface area contributed by atoms with E-state index >= 15 is 0 Å². The van der Waals surface area contributed by atoms with Gasteiger partial charge in [0.15, 0.2) is 0 Å². The predicted octanol–water partition coefficient (Wildman–Crippen LogP) is 5.02. The number of benzene rings is 1.